The Kier molecular flexibility index (Phi) is 7.99. The molecule has 0 bridgehead atoms. The van der Waals surface area contributed by atoms with Gasteiger partial charge in [0.25, 0.3) is 0 Å². The van der Waals surface area contributed by atoms with Crippen LogP contribution in [0.2, 0.25) is 0 Å². The van der Waals surface area contributed by atoms with E-state index in [0.29, 0.717) is 6.10 Å². The molecule has 0 radical (unpaired) electrons. The average molecular weight is 491 g/mol. The van der Waals surface area contributed by atoms with Crippen molar-refractivity contribution in [3.63, 3.8) is 0 Å². The van der Waals surface area contributed by atoms with Gasteiger partial charge < -0.3 is 14.8 Å². The van der Waals surface area contributed by atoms with Crippen molar-refractivity contribution in [2.75, 3.05) is 91.8 Å². The van der Waals surface area contributed by atoms with Gasteiger partial charge >= 0.3 is 0 Å². The summed E-state index contributed by atoms with van der Waals surface area (Å²) >= 11 is 0. The first-order valence-electron chi connectivity index (χ1n) is 15.0. The average Bonchev–Trinajstić information content (AvgIpc) is 3.64. The van der Waals surface area contributed by atoms with E-state index in [2.05, 4.69) is 30.0 Å². The van der Waals surface area contributed by atoms with Gasteiger partial charge in [-0.2, -0.15) is 0 Å². The summed E-state index contributed by atoms with van der Waals surface area (Å²) in [6.45, 7) is 15.2. The van der Waals surface area contributed by atoms with Crippen LogP contribution in [0.15, 0.2) is 0 Å². The molecule has 0 aliphatic carbocycles. The Bertz CT molecular complexity index is 631. The standard InChI is InChI=1S/C27H50N6O2/c1-3-15-30(16-4-1)27(31-20-23-34-24-21-31)26(25-9-8-22-35-25,29-13-6-7-14-29)10-2-5-17-33(27)32-18-11-28-12-19-32/h25,28H,1-24H2. The van der Waals surface area contributed by atoms with Crippen LogP contribution in [0.3, 0.4) is 0 Å². The molecule has 200 valence electrons. The van der Waals surface area contributed by atoms with Crippen molar-refractivity contribution in [2.45, 2.75) is 81.6 Å². The van der Waals surface area contributed by atoms with Crippen molar-refractivity contribution in [2.24, 2.45) is 0 Å². The number of hydrogen-bond donors (Lipinski definition) is 1. The van der Waals surface area contributed by atoms with Crippen LogP contribution >= 0.6 is 0 Å². The number of likely N-dealkylation sites (tertiary alicyclic amines) is 2. The Balaban J connectivity index is 1.57. The molecule has 8 heteroatoms. The van der Waals surface area contributed by atoms with Crippen LogP contribution in [0.25, 0.3) is 0 Å². The fraction of sp³-hybridized carbons (Fsp3) is 1.00. The van der Waals surface area contributed by atoms with E-state index in [-0.39, 0.29) is 11.3 Å². The molecule has 0 amide bonds. The van der Waals surface area contributed by atoms with E-state index in [9.17, 15) is 0 Å². The maximum absolute atomic E-state index is 6.85. The minimum atomic E-state index is -0.162. The molecule has 6 rings (SSSR count). The Labute approximate surface area is 213 Å². The number of rotatable bonds is 5. The highest BCUT2D eigenvalue weighted by molar-refractivity contribution is 5.18. The third kappa shape index (κ3) is 4.30. The van der Waals surface area contributed by atoms with Crippen LogP contribution in [0.4, 0.5) is 0 Å². The van der Waals surface area contributed by atoms with E-state index in [1.807, 2.05) is 0 Å². The lowest BCUT2D eigenvalue weighted by Gasteiger charge is -2.69. The van der Waals surface area contributed by atoms with Crippen LogP contribution in [-0.2, 0) is 9.47 Å². The van der Waals surface area contributed by atoms with Gasteiger partial charge in [-0.1, -0.05) is 6.42 Å². The van der Waals surface area contributed by atoms with Gasteiger partial charge in [-0.25, -0.2) is 10.0 Å². The minimum Gasteiger partial charge on any atom is -0.379 e. The lowest BCUT2D eigenvalue weighted by molar-refractivity contribution is -0.326. The molecule has 0 aromatic rings. The second-order valence-electron chi connectivity index (χ2n) is 11.7. The first-order valence-corrected chi connectivity index (χ1v) is 15.0. The van der Waals surface area contributed by atoms with Crippen LogP contribution < -0.4 is 5.32 Å². The first kappa shape index (κ1) is 25.0. The number of hydrogen-bond acceptors (Lipinski definition) is 8. The quantitative estimate of drug-likeness (QED) is 0.626. The zero-order chi connectivity index (χ0) is 23.6. The van der Waals surface area contributed by atoms with Gasteiger partial charge in [-0.15, -0.1) is 0 Å². The molecular formula is C27H50N6O2. The van der Waals surface area contributed by atoms with Gasteiger partial charge in [0.2, 0.25) is 0 Å². The minimum absolute atomic E-state index is 0.00391. The van der Waals surface area contributed by atoms with E-state index in [1.54, 1.807) is 0 Å². The number of piperidine rings is 1. The molecule has 0 saturated carbocycles. The highest BCUT2D eigenvalue weighted by Gasteiger charge is 2.69. The molecule has 35 heavy (non-hydrogen) atoms. The van der Waals surface area contributed by atoms with Crippen molar-refractivity contribution in [1.82, 2.24) is 30.0 Å². The number of ether oxygens (including phenoxy) is 2. The molecule has 6 aliphatic heterocycles. The van der Waals surface area contributed by atoms with Gasteiger partial charge in [-0.05, 0) is 70.9 Å². The van der Waals surface area contributed by atoms with Gasteiger partial charge in [0.05, 0.1) is 24.9 Å². The predicted molar refractivity (Wildman–Crippen MR) is 138 cm³/mol. The molecule has 1 N–H and O–H groups in total. The molecule has 6 saturated heterocycles. The highest BCUT2D eigenvalue weighted by atomic mass is 16.5. The van der Waals surface area contributed by atoms with Crippen LogP contribution in [-0.4, -0.2) is 134 Å². The van der Waals surface area contributed by atoms with Crippen LogP contribution in [0.1, 0.15) is 64.2 Å². The zero-order valence-corrected chi connectivity index (χ0v) is 22.1. The number of nitrogens with zero attached hydrogens (tertiary/aromatic N) is 5. The molecule has 6 fully saturated rings. The molecule has 3 atom stereocenters. The molecule has 8 nitrogen and oxygen atoms in total. The van der Waals surface area contributed by atoms with E-state index in [4.69, 9.17) is 9.47 Å². The smallest absolute Gasteiger partial charge is 0.165 e. The summed E-state index contributed by atoms with van der Waals surface area (Å²) in [5, 5.41) is 9.35. The maximum atomic E-state index is 6.85. The fourth-order valence-electron chi connectivity index (χ4n) is 8.61. The van der Waals surface area contributed by atoms with Gasteiger partial charge in [0.15, 0.2) is 5.79 Å². The number of hydrazine groups is 1. The van der Waals surface area contributed by atoms with Crippen molar-refractivity contribution in [3.8, 4) is 0 Å². The van der Waals surface area contributed by atoms with Gasteiger partial charge in [0, 0.05) is 65.5 Å². The lowest BCUT2D eigenvalue weighted by atomic mass is 9.74. The number of morpholine rings is 1. The molecule has 0 aromatic heterocycles. The third-order valence-electron chi connectivity index (χ3n) is 9.94. The molecule has 6 heterocycles. The summed E-state index contributed by atoms with van der Waals surface area (Å²) in [5.74, 6) is -0.162. The van der Waals surface area contributed by atoms with Crippen LogP contribution in [0.5, 0.6) is 0 Å². The monoisotopic (exact) mass is 490 g/mol. The van der Waals surface area contributed by atoms with Crippen LogP contribution in [0, 0.1) is 0 Å². The summed E-state index contributed by atoms with van der Waals surface area (Å²) in [5.41, 5.74) is -0.00391. The summed E-state index contributed by atoms with van der Waals surface area (Å²) < 4.78 is 12.9. The van der Waals surface area contributed by atoms with E-state index in [0.717, 1.165) is 65.6 Å². The Hall–Kier alpha value is -0.320. The van der Waals surface area contributed by atoms with Crippen molar-refractivity contribution in [1.29, 1.82) is 0 Å². The SMILES string of the molecule is C1CCN(C2(N3CCOCC3)N(N3CCNCC3)CCCCC2(C2CCCO2)N2CCCC2)CC1. The second-order valence-corrected chi connectivity index (χ2v) is 11.7. The summed E-state index contributed by atoms with van der Waals surface area (Å²) in [7, 11) is 0. The normalized spacial score (nSPS) is 40.3. The maximum Gasteiger partial charge on any atom is 0.165 e. The molecule has 0 aromatic carbocycles. The van der Waals surface area contributed by atoms with E-state index in [1.165, 1.54) is 90.4 Å². The van der Waals surface area contributed by atoms with Gasteiger partial charge in [0.1, 0.15) is 0 Å². The number of nitrogens with one attached hydrogen (secondary N) is 1. The topological polar surface area (TPSA) is 46.7 Å². The predicted octanol–water partition coefficient (Wildman–Crippen LogP) is 1.78. The number of piperazine rings is 1. The van der Waals surface area contributed by atoms with E-state index >= 15 is 0 Å². The lowest BCUT2D eigenvalue weighted by Crippen LogP contribution is -2.88. The van der Waals surface area contributed by atoms with Crippen molar-refractivity contribution >= 4 is 0 Å². The second kappa shape index (κ2) is 11.2. The molecule has 3 unspecified atom stereocenters. The molecular weight excluding hydrogens is 440 g/mol. The van der Waals surface area contributed by atoms with Gasteiger partial charge in [-0.3, -0.25) is 14.7 Å². The Morgan fingerprint density at radius 1 is 0.600 bits per heavy atom. The van der Waals surface area contributed by atoms with Crippen molar-refractivity contribution < 1.29 is 9.47 Å². The molecule has 6 aliphatic rings. The highest BCUT2D eigenvalue weighted by Crippen LogP contribution is 2.52. The fourth-order valence-corrected chi connectivity index (χ4v) is 8.61. The summed E-state index contributed by atoms with van der Waals surface area (Å²) in [4.78, 5) is 8.86. The Morgan fingerprint density at radius 3 is 1.97 bits per heavy atom. The van der Waals surface area contributed by atoms with E-state index < -0.39 is 0 Å². The largest absolute Gasteiger partial charge is 0.379 e. The first-order chi connectivity index (χ1) is 17.4. The Morgan fingerprint density at radius 2 is 1.26 bits per heavy atom. The zero-order valence-electron chi connectivity index (χ0n) is 22.1. The summed E-state index contributed by atoms with van der Waals surface area (Å²) in [6.07, 6.45) is 13.3. The molecule has 0 spiro atoms. The third-order valence-corrected chi connectivity index (χ3v) is 9.94. The summed E-state index contributed by atoms with van der Waals surface area (Å²) in [6, 6.07) is 0. The van der Waals surface area contributed by atoms with Crippen molar-refractivity contribution in [3.05, 3.63) is 0 Å².